The van der Waals surface area contributed by atoms with Crippen LogP contribution in [0.5, 0.6) is 0 Å². The highest BCUT2D eigenvalue weighted by Gasteiger charge is 2.27. The summed E-state index contributed by atoms with van der Waals surface area (Å²) in [6.45, 7) is 6.88. The molecule has 122 valence electrons. The molecule has 1 fully saturated rings. The van der Waals surface area contributed by atoms with Crippen LogP contribution in [0.1, 0.15) is 43.8 Å². The van der Waals surface area contributed by atoms with Crippen molar-refractivity contribution in [3.8, 4) is 0 Å². The van der Waals surface area contributed by atoms with E-state index in [1.807, 2.05) is 17.2 Å². The molecule has 0 unspecified atom stereocenters. The van der Waals surface area contributed by atoms with Crippen LogP contribution in [0.15, 0.2) is 5.38 Å². The van der Waals surface area contributed by atoms with Crippen LogP contribution in [0.2, 0.25) is 0 Å². The van der Waals surface area contributed by atoms with Gasteiger partial charge in [-0.15, -0.1) is 11.3 Å². The van der Waals surface area contributed by atoms with Gasteiger partial charge in [0.15, 0.2) is 0 Å². The third-order valence-corrected chi connectivity index (χ3v) is 4.84. The summed E-state index contributed by atoms with van der Waals surface area (Å²) in [7, 11) is 0. The third-order valence-electron chi connectivity index (χ3n) is 3.87. The summed E-state index contributed by atoms with van der Waals surface area (Å²) < 4.78 is 0. The number of aromatic nitrogens is 1. The molecule has 22 heavy (non-hydrogen) atoms. The van der Waals surface area contributed by atoms with Gasteiger partial charge in [0, 0.05) is 23.7 Å². The number of carbonyl (C=O) groups is 2. The fourth-order valence-electron chi connectivity index (χ4n) is 2.62. The Morgan fingerprint density at radius 3 is 2.91 bits per heavy atom. The van der Waals surface area contributed by atoms with Crippen LogP contribution in [0.4, 0.5) is 4.79 Å². The van der Waals surface area contributed by atoms with E-state index < -0.39 is 6.04 Å². The number of carbonyl (C=O) groups excluding carboxylic acids is 2. The number of rotatable bonds is 4. The molecule has 3 amide bonds. The number of nitrogens with zero attached hydrogens (tertiary/aromatic N) is 2. The first kappa shape index (κ1) is 16.7. The highest BCUT2D eigenvalue weighted by atomic mass is 32.1. The maximum Gasteiger partial charge on any atom is 0.315 e. The second kappa shape index (κ2) is 7.58. The van der Waals surface area contributed by atoms with E-state index in [0.29, 0.717) is 6.54 Å². The van der Waals surface area contributed by atoms with Gasteiger partial charge in [0.25, 0.3) is 0 Å². The van der Waals surface area contributed by atoms with Crippen LogP contribution in [0.25, 0.3) is 0 Å². The number of piperidine rings is 1. The normalized spacial score (nSPS) is 19.6. The standard InChI is InChI=1S/C15H24N4O2S/c1-10-9-22-13(17-10)8-16-15(21)18-12(3)14(20)19-7-5-4-6-11(19)2/h9,11-12H,4-8H2,1-3H3,(H2,16,18,21)/t11-,12+/m1/s1. The van der Waals surface area contributed by atoms with Gasteiger partial charge < -0.3 is 15.5 Å². The lowest BCUT2D eigenvalue weighted by molar-refractivity contribution is -0.136. The van der Waals surface area contributed by atoms with Crippen molar-refractivity contribution in [2.75, 3.05) is 6.54 Å². The van der Waals surface area contributed by atoms with Gasteiger partial charge in [0.2, 0.25) is 5.91 Å². The van der Waals surface area contributed by atoms with Gasteiger partial charge in [0.1, 0.15) is 11.0 Å². The van der Waals surface area contributed by atoms with E-state index in [1.54, 1.807) is 6.92 Å². The maximum atomic E-state index is 12.4. The Labute approximate surface area is 135 Å². The molecular formula is C15H24N4O2S. The molecule has 0 saturated carbocycles. The minimum atomic E-state index is -0.515. The van der Waals surface area contributed by atoms with E-state index in [9.17, 15) is 9.59 Å². The number of urea groups is 1. The summed E-state index contributed by atoms with van der Waals surface area (Å²) in [5.41, 5.74) is 0.949. The summed E-state index contributed by atoms with van der Waals surface area (Å²) >= 11 is 1.51. The number of nitrogens with one attached hydrogen (secondary N) is 2. The number of hydrogen-bond acceptors (Lipinski definition) is 4. The lowest BCUT2D eigenvalue weighted by Crippen LogP contribution is -2.53. The minimum Gasteiger partial charge on any atom is -0.338 e. The molecule has 1 aromatic rings. The molecule has 2 atom stereocenters. The summed E-state index contributed by atoms with van der Waals surface area (Å²) in [4.78, 5) is 30.4. The number of amides is 3. The van der Waals surface area contributed by atoms with Gasteiger partial charge in [-0.2, -0.15) is 0 Å². The third kappa shape index (κ3) is 4.43. The molecular weight excluding hydrogens is 300 g/mol. The summed E-state index contributed by atoms with van der Waals surface area (Å²) in [6.07, 6.45) is 3.24. The molecule has 0 aliphatic carbocycles. The fraction of sp³-hybridized carbons (Fsp3) is 0.667. The molecule has 0 aromatic carbocycles. The predicted molar refractivity (Wildman–Crippen MR) is 86.7 cm³/mol. The predicted octanol–water partition coefficient (Wildman–Crippen LogP) is 2.04. The maximum absolute atomic E-state index is 12.4. The molecule has 2 N–H and O–H groups in total. The smallest absolute Gasteiger partial charge is 0.315 e. The fourth-order valence-corrected chi connectivity index (χ4v) is 3.33. The topological polar surface area (TPSA) is 74.3 Å². The highest BCUT2D eigenvalue weighted by molar-refractivity contribution is 7.09. The number of aryl methyl sites for hydroxylation is 1. The van der Waals surface area contributed by atoms with Crippen molar-refractivity contribution in [2.24, 2.45) is 0 Å². The van der Waals surface area contributed by atoms with Crippen molar-refractivity contribution in [3.63, 3.8) is 0 Å². The molecule has 1 aliphatic rings. The summed E-state index contributed by atoms with van der Waals surface area (Å²) in [5, 5.41) is 8.25. The molecule has 1 aliphatic heterocycles. The van der Waals surface area contributed by atoms with Gasteiger partial charge in [-0.1, -0.05) is 0 Å². The van der Waals surface area contributed by atoms with Crippen LogP contribution in [0.3, 0.4) is 0 Å². The Bertz CT molecular complexity index is 531. The van der Waals surface area contributed by atoms with Crippen LogP contribution in [-0.2, 0) is 11.3 Å². The molecule has 0 spiro atoms. The van der Waals surface area contributed by atoms with Gasteiger partial charge in [0.05, 0.1) is 6.54 Å². The van der Waals surface area contributed by atoms with Crippen molar-refractivity contribution >= 4 is 23.3 Å². The zero-order chi connectivity index (χ0) is 16.1. The Morgan fingerprint density at radius 1 is 1.50 bits per heavy atom. The average molecular weight is 324 g/mol. The van der Waals surface area contributed by atoms with Crippen LogP contribution >= 0.6 is 11.3 Å². The van der Waals surface area contributed by atoms with Crippen LogP contribution in [-0.4, -0.2) is 40.5 Å². The second-order valence-electron chi connectivity index (χ2n) is 5.81. The SMILES string of the molecule is Cc1csc(CNC(=O)N[C@@H](C)C(=O)N2CCCC[C@H]2C)n1. The number of hydrogen-bond donors (Lipinski definition) is 2. The average Bonchev–Trinajstić information content (AvgIpc) is 2.90. The van der Waals surface area contributed by atoms with Crippen LogP contribution < -0.4 is 10.6 Å². The Hall–Kier alpha value is -1.63. The van der Waals surface area contributed by atoms with Crippen molar-refractivity contribution < 1.29 is 9.59 Å². The summed E-state index contributed by atoms with van der Waals surface area (Å²) in [6, 6.07) is -0.594. The van der Waals surface area contributed by atoms with E-state index in [0.717, 1.165) is 30.1 Å². The first-order chi connectivity index (χ1) is 10.5. The Kier molecular flexibility index (Phi) is 5.76. The minimum absolute atomic E-state index is 0.00700. The van der Waals surface area contributed by atoms with Gasteiger partial charge in [-0.05, 0) is 40.0 Å². The monoisotopic (exact) mass is 324 g/mol. The first-order valence-electron chi connectivity index (χ1n) is 7.73. The number of thiazole rings is 1. The van der Waals surface area contributed by atoms with E-state index >= 15 is 0 Å². The molecule has 2 rings (SSSR count). The molecule has 1 saturated heterocycles. The Morgan fingerprint density at radius 2 is 2.27 bits per heavy atom. The highest BCUT2D eigenvalue weighted by Crippen LogP contribution is 2.17. The van der Waals surface area contributed by atoms with E-state index in [1.165, 1.54) is 17.8 Å². The molecule has 2 heterocycles. The van der Waals surface area contributed by atoms with E-state index in [4.69, 9.17) is 0 Å². The molecule has 7 heteroatoms. The molecule has 0 radical (unpaired) electrons. The van der Waals surface area contributed by atoms with E-state index in [2.05, 4.69) is 22.5 Å². The van der Waals surface area contributed by atoms with Crippen molar-refractivity contribution in [2.45, 2.75) is 58.7 Å². The number of likely N-dealkylation sites (tertiary alicyclic amines) is 1. The molecule has 1 aromatic heterocycles. The van der Waals surface area contributed by atoms with Gasteiger partial charge >= 0.3 is 6.03 Å². The van der Waals surface area contributed by atoms with Crippen molar-refractivity contribution in [1.82, 2.24) is 20.5 Å². The lowest BCUT2D eigenvalue weighted by Gasteiger charge is -2.35. The Balaban J connectivity index is 1.78. The lowest BCUT2D eigenvalue weighted by atomic mass is 10.0. The van der Waals surface area contributed by atoms with Crippen molar-refractivity contribution in [3.05, 3.63) is 16.1 Å². The quantitative estimate of drug-likeness (QED) is 0.890. The summed E-state index contributed by atoms with van der Waals surface area (Å²) in [5.74, 6) is -0.00700. The van der Waals surface area contributed by atoms with Crippen molar-refractivity contribution in [1.29, 1.82) is 0 Å². The molecule has 6 nitrogen and oxygen atoms in total. The second-order valence-corrected chi connectivity index (χ2v) is 6.75. The van der Waals surface area contributed by atoms with Gasteiger partial charge in [-0.25, -0.2) is 9.78 Å². The zero-order valence-corrected chi connectivity index (χ0v) is 14.2. The first-order valence-corrected chi connectivity index (χ1v) is 8.61. The van der Waals surface area contributed by atoms with Crippen LogP contribution in [0, 0.1) is 6.92 Å². The van der Waals surface area contributed by atoms with E-state index in [-0.39, 0.29) is 18.0 Å². The largest absolute Gasteiger partial charge is 0.338 e. The molecule has 0 bridgehead atoms. The zero-order valence-electron chi connectivity index (χ0n) is 13.4. The van der Waals surface area contributed by atoms with Gasteiger partial charge in [-0.3, -0.25) is 4.79 Å².